The van der Waals surface area contributed by atoms with Crippen LogP contribution in [-0.4, -0.2) is 22.9 Å². The van der Waals surface area contributed by atoms with Gasteiger partial charge in [-0.3, -0.25) is 0 Å². The van der Waals surface area contributed by atoms with Crippen LogP contribution < -0.4 is 10.1 Å². The molecule has 0 aromatic heterocycles. The van der Waals surface area contributed by atoms with Crippen molar-refractivity contribution in [1.82, 2.24) is 5.32 Å². The van der Waals surface area contributed by atoms with Gasteiger partial charge in [-0.05, 0) is 32.3 Å². The van der Waals surface area contributed by atoms with E-state index in [0.717, 1.165) is 31.6 Å². The van der Waals surface area contributed by atoms with Crippen molar-refractivity contribution in [3.63, 3.8) is 0 Å². The van der Waals surface area contributed by atoms with Crippen molar-refractivity contribution < 1.29 is 9.84 Å². The summed E-state index contributed by atoms with van der Waals surface area (Å²) < 4.78 is 6.04. The van der Waals surface area contributed by atoms with Gasteiger partial charge in [-0.1, -0.05) is 18.2 Å². The second-order valence-corrected chi connectivity index (χ2v) is 6.24. The molecule has 3 heteroatoms. The molecule has 0 radical (unpaired) electrons. The Balaban J connectivity index is 1.76. The van der Waals surface area contributed by atoms with Crippen LogP contribution in [0.15, 0.2) is 18.2 Å². The number of rotatable bonds is 4. The second kappa shape index (κ2) is 3.97. The van der Waals surface area contributed by atoms with E-state index in [1.54, 1.807) is 0 Å². The van der Waals surface area contributed by atoms with Crippen molar-refractivity contribution in [2.24, 2.45) is 0 Å². The molecule has 3 rings (SSSR count). The molecule has 0 spiro atoms. The Morgan fingerprint density at radius 1 is 1.33 bits per heavy atom. The Kier molecular flexibility index (Phi) is 2.65. The third kappa shape index (κ3) is 2.13. The number of hydrogen-bond donors (Lipinski definition) is 2. The van der Waals surface area contributed by atoms with Crippen molar-refractivity contribution in [3.8, 4) is 5.75 Å². The number of nitrogens with one attached hydrogen (secondary N) is 1. The van der Waals surface area contributed by atoms with E-state index in [2.05, 4.69) is 37.4 Å². The largest absolute Gasteiger partial charge is 0.487 e. The van der Waals surface area contributed by atoms with Gasteiger partial charge in [0.05, 0.1) is 6.61 Å². The Morgan fingerprint density at radius 3 is 2.78 bits per heavy atom. The number of hydrogen-bond acceptors (Lipinski definition) is 3. The van der Waals surface area contributed by atoms with Crippen LogP contribution in [-0.2, 0) is 13.0 Å². The van der Waals surface area contributed by atoms with E-state index in [0.29, 0.717) is 0 Å². The molecule has 1 aliphatic carbocycles. The number of fused-ring (bicyclic) bond motifs is 1. The molecule has 1 aliphatic heterocycles. The topological polar surface area (TPSA) is 41.5 Å². The van der Waals surface area contributed by atoms with Crippen molar-refractivity contribution in [3.05, 3.63) is 29.3 Å². The first-order valence-corrected chi connectivity index (χ1v) is 6.69. The lowest BCUT2D eigenvalue weighted by molar-refractivity contribution is 0.136. The molecule has 1 aromatic carbocycles. The maximum absolute atomic E-state index is 9.32. The zero-order valence-electron chi connectivity index (χ0n) is 11.1. The highest BCUT2D eigenvalue weighted by Crippen LogP contribution is 2.39. The Morgan fingerprint density at radius 2 is 2.11 bits per heavy atom. The van der Waals surface area contributed by atoms with E-state index >= 15 is 0 Å². The maximum atomic E-state index is 9.32. The molecule has 98 valence electrons. The van der Waals surface area contributed by atoms with Crippen molar-refractivity contribution in [2.75, 3.05) is 6.61 Å². The van der Waals surface area contributed by atoms with Gasteiger partial charge in [0.15, 0.2) is 0 Å². The molecule has 0 atom stereocenters. The standard InChI is InChI=1S/C15H21NO2/c1-14(2)8-11-4-3-5-12(13(11)18-14)9-16-15(10-17)6-7-15/h3-5,16-17H,6-10H2,1-2H3. The first-order chi connectivity index (χ1) is 8.54. The Labute approximate surface area is 108 Å². The minimum atomic E-state index is -0.0906. The van der Waals surface area contributed by atoms with Gasteiger partial charge in [0.2, 0.25) is 0 Å². The molecule has 1 fully saturated rings. The molecule has 0 bridgehead atoms. The summed E-state index contributed by atoms with van der Waals surface area (Å²) >= 11 is 0. The van der Waals surface area contributed by atoms with Gasteiger partial charge in [-0.15, -0.1) is 0 Å². The molecule has 1 heterocycles. The molecule has 2 aliphatic rings. The van der Waals surface area contributed by atoms with E-state index in [1.807, 2.05) is 0 Å². The molecule has 1 aromatic rings. The summed E-state index contributed by atoms with van der Waals surface area (Å²) in [5.74, 6) is 1.05. The quantitative estimate of drug-likeness (QED) is 0.855. The molecule has 1 saturated carbocycles. The highest BCUT2D eigenvalue weighted by molar-refractivity contribution is 5.45. The van der Waals surface area contributed by atoms with Gasteiger partial charge < -0.3 is 15.2 Å². The number of para-hydroxylation sites is 1. The van der Waals surface area contributed by atoms with Crippen molar-refractivity contribution >= 4 is 0 Å². The lowest BCUT2D eigenvalue weighted by atomic mass is 10.0. The van der Waals surface area contributed by atoms with Crippen molar-refractivity contribution in [2.45, 2.75) is 50.8 Å². The van der Waals surface area contributed by atoms with Gasteiger partial charge in [-0.2, -0.15) is 0 Å². The van der Waals surface area contributed by atoms with Gasteiger partial charge in [0.25, 0.3) is 0 Å². The van der Waals surface area contributed by atoms with Crippen LogP contribution in [0.1, 0.15) is 37.8 Å². The molecule has 2 N–H and O–H groups in total. The minimum Gasteiger partial charge on any atom is -0.487 e. The summed E-state index contributed by atoms with van der Waals surface area (Å²) in [5, 5.41) is 12.8. The fourth-order valence-corrected chi connectivity index (χ4v) is 2.64. The molecular weight excluding hydrogens is 226 g/mol. The highest BCUT2D eigenvalue weighted by atomic mass is 16.5. The maximum Gasteiger partial charge on any atom is 0.127 e. The summed E-state index contributed by atoms with van der Waals surface area (Å²) in [6.45, 7) is 5.26. The molecule has 18 heavy (non-hydrogen) atoms. The van der Waals surface area contributed by atoms with Crippen LogP contribution >= 0.6 is 0 Å². The fraction of sp³-hybridized carbons (Fsp3) is 0.600. The Bertz CT molecular complexity index is 464. The average molecular weight is 247 g/mol. The predicted molar refractivity (Wildman–Crippen MR) is 70.7 cm³/mol. The first kappa shape index (κ1) is 12.0. The summed E-state index contributed by atoms with van der Waals surface area (Å²) in [7, 11) is 0. The molecular formula is C15H21NO2. The monoisotopic (exact) mass is 247 g/mol. The molecule has 0 saturated heterocycles. The van der Waals surface area contributed by atoms with Gasteiger partial charge in [0.1, 0.15) is 11.4 Å². The lowest BCUT2D eigenvalue weighted by Gasteiger charge is -2.19. The smallest absolute Gasteiger partial charge is 0.127 e. The average Bonchev–Trinajstić information content (AvgIpc) is 3.03. The fourth-order valence-electron chi connectivity index (χ4n) is 2.64. The molecule has 0 unspecified atom stereocenters. The van der Waals surface area contributed by atoms with E-state index in [-0.39, 0.29) is 17.7 Å². The normalized spacial score (nSPS) is 22.4. The van der Waals surface area contributed by atoms with Gasteiger partial charge in [-0.25, -0.2) is 0 Å². The number of aliphatic hydroxyl groups is 1. The SMILES string of the molecule is CC1(C)Cc2cccc(CNC3(CO)CC3)c2O1. The summed E-state index contributed by atoms with van der Waals surface area (Å²) in [5.41, 5.74) is 2.40. The lowest BCUT2D eigenvalue weighted by Crippen LogP contribution is -2.34. The summed E-state index contributed by atoms with van der Waals surface area (Å²) in [6.07, 6.45) is 3.12. The van der Waals surface area contributed by atoms with E-state index in [4.69, 9.17) is 4.74 Å². The van der Waals surface area contributed by atoms with Gasteiger partial charge in [0, 0.05) is 24.1 Å². The highest BCUT2D eigenvalue weighted by Gasteiger charge is 2.41. The van der Waals surface area contributed by atoms with Crippen LogP contribution in [0.4, 0.5) is 0 Å². The second-order valence-electron chi connectivity index (χ2n) is 6.24. The van der Waals surface area contributed by atoms with E-state index in [1.165, 1.54) is 11.1 Å². The number of ether oxygens (including phenoxy) is 1. The van der Waals surface area contributed by atoms with Crippen LogP contribution in [0, 0.1) is 0 Å². The summed E-state index contributed by atoms with van der Waals surface area (Å²) in [6, 6.07) is 6.35. The molecule has 3 nitrogen and oxygen atoms in total. The minimum absolute atomic E-state index is 0.0170. The van der Waals surface area contributed by atoms with Crippen LogP contribution in [0.2, 0.25) is 0 Å². The number of aliphatic hydroxyl groups excluding tert-OH is 1. The zero-order valence-corrected chi connectivity index (χ0v) is 11.1. The van der Waals surface area contributed by atoms with E-state index in [9.17, 15) is 5.11 Å². The van der Waals surface area contributed by atoms with E-state index < -0.39 is 0 Å². The predicted octanol–water partition coefficient (Wildman–Crippen LogP) is 2.01. The third-order valence-electron chi connectivity index (χ3n) is 3.98. The van der Waals surface area contributed by atoms with Crippen LogP contribution in [0.5, 0.6) is 5.75 Å². The first-order valence-electron chi connectivity index (χ1n) is 6.69. The zero-order chi connectivity index (χ0) is 12.8. The van der Waals surface area contributed by atoms with Gasteiger partial charge >= 0.3 is 0 Å². The summed E-state index contributed by atoms with van der Waals surface area (Å²) in [4.78, 5) is 0. The molecule has 0 amide bonds. The van der Waals surface area contributed by atoms with Crippen LogP contribution in [0.25, 0.3) is 0 Å². The van der Waals surface area contributed by atoms with Crippen molar-refractivity contribution in [1.29, 1.82) is 0 Å². The van der Waals surface area contributed by atoms with Crippen LogP contribution in [0.3, 0.4) is 0 Å². The number of benzene rings is 1. The Hall–Kier alpha value is -1.06. The third-order valence-corrected chi connectivity index (χ3v) is 3.98.